The fourth-order valence-corrected chi connectivity index (χ4v) is 2.48. The number of pyridine rings is 1. The average molecular weight is 298 g/mol. The fourth-order valence-electron chi connectivity index (χ4n) is 2.13. The highest BCUT2D eigenvalue weighted by Crippen LogP contribution is 2.31. The van der Waals surface area contributed by atoms with Gasteiger partial charge in [0, 0.05) is 16.2 Å². The van der Waals surface area contributed by atoms with Gasteiger partial charge in [-0.25, -0.2) is 4.98 Å². The zero-order valence-electron chi connectivity index (χ0n) is 9.82. The minimum atomic E-state index is -0.636. The maximum absolute atomic E-state index is 10.2. The highest BCUT2D eigenvalue weighted by molar-refractivity contribution is 9.10. The Labute approximate surface area is 110 Å². The summed E-state index contributed by atoms with van der Waals surface area (Å²) in [5.74, 6) is 0.482. The number of hydrogen-bond donors (Lipinski definition) is 1. The third-order valence-electron chi connectivity index (χ3n) is 3.00. The highest BCUT2D eigenvalue weighted by Gasteiger charge is 2.15. The molecule has 1 heterocycles. The SMILES string of the molecule is COc1ncc(Br)cc1C(O)C=C1CCCC1. The number of rotatable bonds is 3. The van der Waals surface area contributed by atoms with Gasteiger partial charge in [-0.15, -0.1) is 0 Å². The lowest BCUT2D eigenvalue weighted by Crippen LogP contribution is -2.00. The molecule has 0 amide bonds. The van der Waals surface area contributed by atoms with Crippen LogP contribution in [0.25, 0.3) is 0 Å². The minimum absolute atomic E-state index is 0.482. The first-order valence-corrected chi connectivity index (χ1v) is 6.57. The van der Waals surface area contributed by atoms with Crippen LogP contribution in [-0.2, 0) is 0 Å². The summed E-state index contributed by atoms with van der Waals surface area (Å²) in [6.07, 6.45) is 7.61. The van der Waals surface area contributed by atoms with Crippen molar-refractivity contribution in [3.8, 4) is 5.88 Å². The van der Waals surface area contributed by atoms with E-state index in [0.29, 0.717) is 11.4 Å². The minimum Gasteiger partial charge on any atom is -0.481 e. The number of aromatic nitrogens is 1. The fraction of sp³-hybridized carbons (Fsp3) is 0.462. The third-order valence-corrected chi connectivity index (χ3v) is 3.43. The lowest BCUT2D eigenvalue weighted by molar-refractivity contribution is 0.220. The topological polar surface area (TPSA) is 42.4 Å². The molecule has 1 aliphatic rings. The summed E-state index contributed by atoms with van der Waals surface area (Å²) in [7, 11) is 1.56. The van der Waals surface area contributed by atoms with E-state index < -0.39 is 6.10 Å². The van der Waals surface area contributed by atoms with Crippen LogP contribution < -0.4 is 4.74 Å². The molecular formula is C13H16BrNO2. The molecule has 0 aromatic carbocycles. The van der Waals surface area contributed by atoms with Gasteiger partial charge in [0.15, 0.2) is 0 Å². The second-order valence-corrected chi connectivity index (χ2v) is 5.14. The van der Waals surface area contributed by atoms with E-state index in [-0.39, 0.29) is 0 Å². The maximum atomic E-state index is 10.2. The molecule has 0 radical (unpaired) electrons. The summed E-state index contributed by atoms with van der Waals surface area (Å²) >= 11 is 3.36. The molecule has 1 N–H and O–H groups in total. The number of aliphatic hydroxyl groups is 1. The number of ether oxygens (including phenoxy) is 1. The van der Waals surface area contributed by atoms with E-state index in [2.05, 4.69) is 20.9 Å². The number of nitrogens with zero attached hydrogens (tertiary/aromatic N) is 1. The molecule has 0 spiro atoms. The smallest absolute Gasteiger partial charge is 0.219 e. The molecule has 3 nitrogen and oxygen atoms in total. The molecule has 1 aliphatic carbocycles. The van der Waals surface area contributed by atoms with E-state index in [1.165, 1.54) is 18.4 Å². The average Bonchev–Trinajstić information content (AvgIpc) is 2.81. The van der Waals surface area contributed by atoms with E-state index in [9.17, 15) is 5.11 Å². The van der Waals surface area contributed by atoms with Gasteiger partial charge in [0.25, 0.3) is 0 Å². The van der Waals surface area contributed by atoms with Gasteiger partial charge in [0.1, 0.15) is 6.10 Å². The zero-order chi connectivity index (χ0) is 12.3. The summed E-state index contributed by atoms with van der Waals surface area (Å²) in [6, 6.07) is 1.85. The van der Waals surface area contributed by atoms with Crippen molar-refractivity contribution in [2.45, 2.75) is 31.8 Å². The van der Waals surface area contributed by atoms with Crippen molar-refractivity contribution in [1.82, 2.24) is 4.98 Å². The van der Waals surface area contributed by atoms with Gasteiger partial charge in [-0.3, -0.25) is 0 Å². The third kappa shape index (κ3) is 3.07. The predicted molar refractivity (Wildman–Crippen MR) is 70.0 cm³/mol. The number of aliphatic hydroxyl groups excluding tert-OH is 1. The van der Waals surface area contributed by atoms with Crippen molar-refractivity contribution in [3.63, 3.8) is 0 Å². The number of hydrogen-bond acceptors (Lipinski definition) is 3. The molecular weight excluding hydrogens is 282 g/mol. The van der Waals surface area contributed by atoms with Crippen LogP contribution in [0.5, 0.6) is 5.88 Å². The molecule has 92 valence electrons. The Morgan fingerprint density at radius 1 is 1.47 bits per heavy atom. The second kappa shape index (κ2) is 5.65. The van der Waals surface area contributed by atoms with Gasteiger partial charge in [-0.1, -0.05) is 11.6 Å². The molecule has 1 unspecified atom stereocenters. The Balaban J connectivity index is 2.25. The van der Waals surface area contributed by atoms with Gasteiger partial charge >= 0.3 is 0 Å². The summed E-state index contributed by atoms with van der Waals surface area (Å²) in [6.45, 7) is 0. The zero-order valence-corrected chi connectivity index (χ0v) is 11.4. The van der Waals surface area contributed by atoms with Crippen LogP contribution in [0, 0.1) is 0 Å². The molecule has 17 heavy (non-hydrogen) atoms. The van der Waals surface area contributed by atoms with Crippen molar-refractivity contribution in [1.29, 1.82) is 0 Å². The first kappa shape index (κ1) is 12.6. The van der Waals surface area contributed by atoms with Gasteiger partial charge in [-0.2, -0.15) is 0 Å². The van der Waals surface area contributed by atoms with Gasteiger partial charge in [0.05, 0.1) is 7.11 Å². The number of methoxy groups -OCH3 is 1. The van der Waals surface area contributed by atoms with Crippen LogP contribution in [0.4, 0.5) is 0 Å². The Morgan fingerprint density at radius 3 is 2.82 bits per heavy atom. The summed E-state index contributed by atoms with van der Waals surface area (Å²) < 4.78 is 6.01. The van der Waals surface area contributed by atoms with E-state index >= 15 is 0 Å². The van der Waals surface area contributed by atoms with E-state index in [4.69, 9.17) is 4.74 Å². The Hall–Kier alpha value is -0.870. The molecule has 2 rings (SSSR count). The van der Waals surface area contributed by atoms with E-state index in [0.717, 1.165) is 17.3 Å². The predicted octanol–water partition coefficient (Wildman–Crippen LogP) is 3.39. The molecule has 0 aliphatic heterocycles. The lowest BCUT2D eigenvalue weighted by Gasteiger charge is -2.12. The molecule has 1 saturated carbocycles. The first-order chi connectivity index (χ1) is 8.20. The van der Waals surface area contributed by atoms with Crippen LogP contribution in [0.15, 0.2) is 28.4 Å². The Bertz CT molecular complexity index is 423. The maximum Gasteiger partial charge on any atom is 0.219 e. The van der Waals surface area contributed by atoms with Crippen LogP contribution in [0.3, 0.4) is 0 Å². The lowest BCUT2D eigenvalue weighted by atomic mass is 10.1. The normalized spacial score (nSPS) is 17.0. The van der Waals surface area contributed by atoms with Crippen LogP contribution in [0.2, 0.25) is 0 Å². The van der Waals surface area contributed by atoms with Crippen molar-refractivity contribution >= 4 is 15.9 Å². The largest absolute Gasteiger partial charge is 0.481 e. The first-order valence-electron chi connectivity index (χ1n) is 5.78. The second-order valence-electron chi connectivity index (χ2n) is 4.23. The van der Waals surface area contributed by atoms with Crippen LogP contribution in [0.1, 0.15) is 37.4 Å². The quantitative estimate of drug-likeness (QED) is 0.870. The van der Waals surface area contributed by atoms with E-state index in [1.54, 1.807) is 13.3 Å². The summed E-state index contributed by atoms with van der Waals surface area (Å²) in [5, 5.41) is 10.2. The molecule has 1 atom stereocenters. The van der Waals surface area contributed by atoms with Gasteiger partial charge < -0.3 is 9.84 Å². The summed E-state index contributed by atoms with van der Waals surface area (Å²) in [4.78, 5) is 4.13. The van der Waals surface area contributed by atoms with Crippen LogP contribution >= 0.6 is 15.9 Å². The Morgan fingerprint density at radius 2 is 2.18 bits per heavy atom. The van der Waals surface area contributed by atoms with Crippen molar-refractivity contribution < 1.29 is 9.84 Å². The molecule has 0 bridgehead atoms. The van der Waals surface area contributed by atoms with Gasteiger partial charge in [-0.05, 0) is 47.7 Å². The number of halogens is 1. The van der Waals surface area contributed by atoms with Gasteiger partial charge in [0.2, 0.25) is 5.88 Å². The Kier molecular flexibility index (Phi) is 4.18. The summed E-state index contributed by atoms with van der Waals surface area (Å²) in [5.41, 5.74) is 2.04. The molecule has 4 heteroatoms. The van der Waals surface area contributed by atoms with Crippen LogP contribution in [-0.4, -0.2) is 17.2 Å². The molecule has 0 saturated heterocycles. The number of allylic oxidation sites excluding steroid dienone is 1. The standard InChI is InChI=1S/C13H16BrNO2/c1-17-13-11(7-10(14)8-15-13)12(16)6-9-4-2-3-5-9/h6-8,12,16H,2-5H2,1H3. The van der Waals surface area contributed by atoms with Crippen molar-refractivity contribution in [3.05, 3.63) is 33.9 Å². The van der Waals surface area contributed by atoms with Crippen molar-refractivity contribution in [2.75, 3.05) is 7.11 Å². The molecule has 1 aromatic heterocycles. The van der Waals surface area contributed by atoms with E-state index in [1.807, 2.05) is 12.1 Å². The highest BCUT2D eigenvalue weighted by atomic mass is 79.9. The van der Waals surface area contributed by atoms with Crippen molar-refractivity contribution in [2.24, 2.45) is 0 Å². The molecule has 1 fully saturated rings. The monoisotopic (exact) mass is 297 g/mol. The molecule has 1 aromatic rings.